The maximum Gasteiger partial charge on any atom is 0.255 e. The molecule has 8 heteroatoms. The number of rotatable bonds is 6. The van der Waals surface area contributed by atoms with Gasteiger partial charge in [0.1, 0.15) is 6.04 Å². The molecule has 5 N–H and O–H groups in total. The molecule has 0 saturated carbocycles. The predicted octanol–water partition coefficient (Wildman–Crippen LogP) is 3.07. The number of anilines is 2. The first-order chi connectivity index (χ1) is 17.0. The number of H-pyrrole nitrogens is 1. The number of amides is 3. The molecule has 1 fully saturated rings. The molecule has 4 aromatic rings. The molecule has 1 atom stereocenters. The van der Waals surface area contributed by atoms with Gasteiger partial charge in [0.15, 0.2) is 0 Å². The molecular formula is C27H25N5O3. The lowest BCUT2D eigenvalue weighted by Crippen LogP contribution is -2.58. The lowest BCUT2D eigenvalue weighted by molar-refractivity contribution is -0.144. The highest BCUT2D eigenvalue weighted by Crippen LogP contribution is 2.21. The van der Waals surface area contributed by atoms with Crippen molar-refractivity contribution in [3.8, 4) is 0 Å². The Morgan fingerprint density at radius 2 is 1.74 bits per heavy atom. The first-order valence-electron chi connectivity index (χ1n) is 11.4. The van der Waals surface area contributed by atoms with E-state index in [1.54, 1.807) is 53.4 Å². The molecule has 1 aromatic heterocycles. The zero-order chi connectivity index (χ0) is 24.4. The molecule has 0 aliphatic carbocycles. The molecule has 0 radical (unpaired) electrons. The number of nitrogens with zero attached hydrogens (tertiary/aromatic N) is 1. The Kier molecular flexibility index (Phi) is 5.93. The van der Waals surface area contributed by atoms with Crippen LogP contribution in [0, 0.1) is 0 Å². The number of aromatic nitrogens is 1. The number of carbonyl (C=O) groups is 3. The third kappa shape index (κ3) is 4.72. The summed E-state index contributed by atoms with van der Waals surface area (Å²) < 4.78 is 0. The number of nitrogens with two attached hydrogens (primary N) is 1. The summed E-state index contributed by atoms with van der Waals surface area (Å²) in [7, 11) is 0. The number of benzene rings is 3. The van der Waals surface area contributed by atoms with Gasteiger partial charge in [-0.25, -0.2) is 0 Å². The van der Waals surface area contributed by atoms with Crippen molar-refractivity contribution in [3.63, 3.8) is 0 Å². The van der Waals surface area contributed by atoms with Gasteiger partial charge < -0.3 is 26.3 Å². The van der Waals surface area contributed by atoms with Gasteiger partial charge in [0.2, 0.25) is 11.8 Å². The van der Waals surface area contributed by atoms with Crippen molar-refractivity contribution < 1.29 is 14.4 Å². The molecule has 176 valence electrons. The molecule has 1 saturated heterocycles. The van der Waals surface area contributed by atoms with Gasteiger partial charge in [0, 0.05) is 35.6 Å². The van der Waals surface area contributed by atoms with Gasteiger partial charge >= 0.3 is 0 Å². The average molecular weight is 468 g/mol. The summed E-state index contributed by atoms with van der Waals surface area (Å²) in [6, 6.07) is 21.3. The van der Waals surface area contributed by atoms with Crippen molar-refractivity contribution in [3.05, 3.63) is 95.7 Å². The van der Waals surface area contributed by atoms with Crippen LogP contribution in [0.15, 0.2) is 79.0 Å². The van der Waals surface area contributed by atoms with Crippen molar-refractivity contribution in [1.29, 1.82) is 0 Å². The fraction of sp³-hybridized carbons (Fsp3) is 0.148. The number of piperazine rings is 1. The molecule has 0 unspecified atom stereocenters. The van der Waals surface area contributed by atoms with Crippen LogP contribution in [-0.4, -0.2) is 40.2 Å². The highest BCUT2D eigenvalue weighted by Gasteiger charge is 2.33. The maximum absolute atomic E-state index is 13.2. The average Bonchev–Trinajstić information content (AvgIpc) is 3.26. The van der Waals surface area contributed by atoms with Crippen LogP contribution in [0.3, 0.4) is 0 Å². The van der Waals surface area contributed by atoms with E-state index in [4.69, 9.17) is 5.73 Å². The summed E-state index contributed by atoms with van der Waals surface area (Å²) in [6.45, 7) is 0.281. The summed E-state index contributed by atoms with van der Waals surface area (Å²) >= 11 is 0. The van der Waals surface area contributed by atoms with Gasteiger partial charge in [-0.2, -0.15) is 0 Å². The quantitative estimate of drug-likeness (QED) is 0.326. The van der Waals surface area contributed by atoms with Crippen molar-refractivity contribution in [2.45, 2.75) is 19.0 Å². The van der Waals surface area contributed by atoms with Crippen LogP contribution in [0.25, 0.3) is 10.9 Å². The van der Waals surface area contributed by atoms with E-state index >= 15 is 0 Å². The summed E-state index contributed by atoms with van der Waals surface area (Å²) in [5.41, 5.74) is 10.2. The fourth-order valence-corrected chi connectivity index (χ4v) is 4.35. The number of fused-ring (bicyclic) bond motifs is 1. The van der Waals surface area contributed by atoms with E-state index in [1.165, 1.54) is 0 Å². The van der Waals surface area contributed by atoms with Gasteiger partial charge in [-0.15, -0.1) is 0 Å². The molecule has 0 spiro atoms. The maximum atomic E-state index is 13.2. The number of nitrogens with one attached hydrogen (secondary N) is 3. The third-order valence-electron chi connectivity index (χ3n) is 6.18. The van der Waals surface area contributed by atoms with Gasteiger partial charge in [-0.05, 0) is 41.5 Å². The number of hydrogen-bond acceptors (Lipinski definition) is 4. The van der Waals surface area contributed by atoms with Crippen molar-refractivity contribution in [2.24, 2.45) is 0 Å². The van der Waals surface area contributed by atoms with Gasteiger partial charge in [-0.3, -0.25) is 14.4 Å². The van der Waals surface area contributed by atoms with Crippen LogP contribution in [-0.2, 0) is 22.6 Å². The van der Waals surface area contributed by atoms with Crippen molar-refractivity contribution >= 4 is 40.0 Å². The number of para-hydroxylation sites is 3. The van der Waals surface area contributed by atoms with Crippen LogP contribution in [0.4, 0.5) is 11.4 Å². The van der Waals surface area contributed by atoms with Gasteiger partial charge in [0.25, 0.3) is 5.91 Å². The van der Waals surface area contributed by atoms with E-state index < -0.39 is 6.04 Å². The first-order valence-corrected chi connectivity index (χ1v) is 11.4. The second-order valence-electron chi connectivity index (χ2n) is 8.62. The smallest absolute Gasteiger partial charge is 0.255 e. The zero-order valence-corrected chi connectivity index (χ0v) is 19.0. The summed E-state index contributed by atoms with van der Waals surface area (Å²) in [5.74, 6) is -0.594. The molecule has 35 heavy (non-hydrogen) atoms. The van der Waals surface area contributed by atoms with Crippen LogP contribution < -0.4 is 16.4 Å². The number of nitrogen functional groups attached to an aromatic ring is 1. The largest absolute Gasteiger partial charge is 0.397 e. The summed E-state index contributed by atoms with van der Waals surface area (Å²) in [5, 5.41) is 6.66. The van der Waals surface area contributed by atoms with E-state index in [1.807, 2.05) is 30.5 Å². The SMILES string of the molecule is Nc1ccccc1NC(=O)c1ccc(CN2CC(=O)N[C@@H](Cc3c[nH]c4ccccc34)C2=O)cc1. The minimum Gasteiger partial charge on any atom is -0.397 e. The monoisotopic (exact) mass is 467 g/mol. The molecule has 0 bridgehead atoms. The first kappa shape index (κ1) is 22.2. The van der Waals surface area contributed by atoms with E-state index in [0.717, 1.165) is 22.0 Å². The van der Waals surface area contributed by atoms with Crippen molar-refractivity contribution in [1.82, 2.24) is 15.2 Å². The minimum atomic E-state index is -0.628. The molecule has 3 aromatic carbocycles. The number of aromatic amines is 1. The number of carbonyl (C=O) groups excluding carboxylic acids is 3. The number of hydrogen-bond donors (Lipinski definition) is 4. The van der Waals surface area contributed by atoms with Gasteiger partial charge in [0.05, 0.1) is 17.9 Å². The van der Waals surface area contributed by atoms with E-state index in [2.05, 4.69) is 15.6 Å². The normalized spacial score (nSPS) is 15.8. The van der Waals surface area contributed by atoms with Crippen LogP contribution in [0.5, 0.6) is 0 Å². The molecule has 5 rings (SSSR count). The van der Waals surface area contributed by atoms with Crippen LogP contribution in [0.1, 0.15) is 21.5 Å². The fourth-order valence-electron chi connectivity index (χ4n) is 4.35. The molecule has 8 nitrogen and oxygen atoms in total. The topological polar surface area (TPSA) is 120 Å². The molecule has 2 heterocycles. The lowest BCUT2D eigenvalue weighted by Gasteiger charge is -2.32. The van der Waals surface area contributed by atoms with Crippen molar-refractivity contribution in [2.75, 3.05) is 17.6 Å². The lowest BCUT2D eigenvalue weighted by atomic mass is 10.0. The molecule has 1 aliphatic heterocycles. The highest BCUT2D eigenvalue weighted by atomic mass is 16.2. The Hall–Kier alpha value is -4.59. The Morgan fingerprint density at radius 3 is 2.54 bits per heavy atom. The van der Waals surface area contributed by atoms with E-state index in [9.17, 15) is 14.4 Å². The summed E-state index contributed by atoms with van der Waals surface area (Å²) in [6.07, 6.45) is 2.29. The molecule has 3 amide bonds. The van der Waals surface area contributed by atoms with Crippen LogP contribution >= 0.6 is 0 Å². The van der Waals surface area contributed by atoms with E-state index in [-0.39, 0.29) is 30.8 Å². The second kappa shape index (κ2) is 9.34. The Labute approximate surface area is 202 Å². The Bertz CT molecular complexity index is 1410. The Morgan fingerprint density at radius 1 is 1.00 bits per heavy atom. The van der Waals surface area contributed by atoms with Gasteiger partial charge in [-0.1, -0.05) is 42.5 Å². The van der Waals surface area contributed by atoms with Crippen LogP contribution in [0.2, 0.25) is 0 Å². The Balaban J connectivity index is 1.26. The molecular weight excluding hydrogens is 442 g/mol. The standard InChI is InChI=1S/C27H25N5O3/c28-21-6-2-4-8-23(21)31-26(34)18-11-9-17(10-12-18)15-32-16-25(33)30-24(27(32)35)13-19-14-29-22-7-3-1-5-20(19)22/h1-12,14,24,29H,13,15-16,28H2,(H,30,33)(H,31,34)/t24-/m0/s1. The molecule has 1 aliphatic rings. The minimum absolute atomic E-state index is 0.00125. The highest BCUT2D eigenvalue weighted by molar-refractivity contribution is 6.05. The predicted molar refractivity (Wildman–Crippen MR) is 135 cm³/mol. The third-order valence-corrected chi connectivity index (χ3v) is 6.18. The second-order valence-corrected chi connectivity index (χ2v) is 8.62. The zero-order valence-electron chi connectivity index (χ0n) is 19.0. The summed E-state index contributed by atoms with van der Waals surface area (Å²) in [4.78, 5) is 42.9. The van der Waals surface area contributed by atoms with E-state index in [0.29, 0.717) is 23.4 Å².